The van der Waals surface area contributed by atoms with Gasteiger partial charge in [-0.15, -0.1) is 0 Å². The molecule has 8 heterocycles. The first-order valence-electron chi connectivity index (χ1n) is 35.1. The fraction of sp³-hybridized carbons (Fsp3) is 0.365. The SMILES string of the molecule is C=CC(=O)N1CCC[C@@H](n2nc(-c3ccc(OC4CCCC4)cc3)c3c(N)n[nH]c(=O)c32)C1.C=CC(=O)N1CCC[C@@H](n2nc(-c3ccc(OC4CCCCC4)cc3)c3c(N)n[nH]c(=O)c32)C1.C=CS(=O)(=O)NC1CCC(n2nc(-c3ccc(Oc4ccccc4)cc3)c3c(N)n[nH]c(=O)c32)CC1. The molecule has 5 aliphatic rings. The molecule has 103 heavy (non-hydrogen) atoms. The third kappa shape index (κ3) is 15.5. The van der Waals surface area contributed by atoms with E-state index in [9.17, 15) is 32.4 Å². The number of benzene rings is 4. The second kappa shape index (κ2) is 31.0. The number of sulfonamides is 1. The minimum Gasteiger partial charge on any atom is -0.490 e. The number of fused-ring (bicyclic) bond motifs is 3. The number of hydrogen-bond donors (Lipinski definition) is 7. The Balaban J connectivity index is 0.000000138. The number of anilines is 3. The largest absolute Gasteiger partial charge is 0.490 e. The van der Waals surface area contributed by atoms with Crippen LogP contribution in [0.25, 0.3) is 66.5 Å². The van der Waals surface area contributed by atoms with Crippen molar-refractivity contribution in [1.29, 1.82) is 0 Å². The molecular formula is C74H84N18O10S. The van der Waals surface area contributed by atoms with Gasteiger partial charge in [0.05, 0.1) is 46.5 Å². The summed E-state index contributed by atoms with van der Waals surface area (Å²) < 4.78 is 49.6. The number of amides is 2. The fourth-order valence-corrected chi connectivity index (χ4v) is 15.5. The second-order valence-corrected chi connectivity index (χ2v) is 28.3. The summed E-state index contributed by atoms with van der Waals surface area (Å²) >= 11 is 0. The van der Waals surface area contributed by atoms with Crippen molar-refractivity contribution in [3.8, 4) is 56.8 Å². The second-order valence-electron chi connectivity index (χ2n) is 26.7. The molecule has 0 spiro atoms. The third-order valence-corrected chi connectivity index (χ3v) is 21.0. The first-order chi connectivity index (χ1) is 49.9. The molecule has 3 aliphatic carbocycles. The summed E-state index contributed by atoms with van der Waals surface area (Å²) in [5.74, 6) is 3.42. The molecule has 2 amide bonds. The number of para-hydroxylation sites is 1. The third-order valence-electron chi connectivity index (χ3n) is 19.9. The highest BCUT2D eigenvalue weighted by atomic mass is 32.2. The number of piperidine rings is 2. The van der Waals surface area contributed by atoms with Gasteiger partial charge in [0.25, 0.3) is 16.7 Å². The Morgan fingerprint density at radius 2 is 0.835 bits per heavy atom. The quantitative estimate of drug-likeness (QED) is 0.0417. The van der Waals surface area contributed by atoms with Gasteiger partial charge in [-0.05, 0) is 200 Å². The number of nitrogen functional groups attached to an aromatic ring is 3. The van der Waals surface area contributed by atoms with E-state index in [2.05, 4.69) is 55.1 Å². The topological polar surface area (TPSA) is 383 Å². The van der Waals surface area contributed by atoms with E-state index in [4.69, 9.17) is 46.7 Å². The van der Waals surface area contributed by atoms with Crippen molar-refractivity contribution in [2.75, 3.05) is 43.4 Å². The lowest BCUT2D eigenvalue weighted by atomic mass is 9.92. The zero-order valence-corrected chi connectivity index (χ0v) is 57.9. The lowest BCUT2D eigenvalue weighted by molar-refractivity contribution is -0.128. The molecule has 536 valence electrons. The molecule has 0 bridgehead atoms. The minimum absolute atomic E-state index is 0.0886. The summed E-state index contributed by atoms with van der Waals surface area (Å²) in [5.41, 5.74) is 22.8. The zero-order chi connectivity index (χ0) is 71.9. The number of ether oxygens (including phenoxy) is 3. The monoisotopic (exact) mass is 1420 g/mol. The van der Waals surface area contributed by atoms with E-state index >= 15 is 0 Å². The summed E-state index contributed by atoms with van der Waals surface area (Å²) in [7, 11) is -3.50. The van der Waals surface area contributed by atoms with Crippen LogP contribution >= 0.6 is 0 Å². The van der Waals surface area contributed by atoms with Crippen LogP contribution in [0.5, 0.6) is 23.0 Å². The van der Waals surface area contributed by atoms with Gasteiger partial charge in [-0.2, -0.15) is 30.6 Å². The van der Waals surface area contributed by atoms with E-state index in [-0.39, 0.29) is 82.3 Å². The average molecular weight is 1420 g/mol. The summed E-state index contributed by atoms with van der Waals surface area (Å²) in [6, 6.07) is 31.8. The summed E-state index contributed by atoms with van der Waals surface area (Å²) in [5, 5.41) is 36.3. The van der Waals surface area contributed by atoms with Crippen LogP contribution in [0.1, 0.15) is 127 Å². The predicted octanol–water partition coefficient (Wildman–Crippen LogP) is 10.2. The molecule has 29 heteroatoms. The summed E-state index contributed by atoms with van der Waals surface area (Å²) in [6.45, 7) is 12.8. The summed E-state index contributed by atoms with van der Waals surface area (Å²) in [6.07, 6.45) is 19.4. The van der Waals surface area contributed by atoms with Gasteiger partial charge in [0.1, 0.15) is 56.6 Å². The Morgan fingerprint density at radius 1 is 0.466 bits per heavy atom. The minimum atomic E-state index is -3.50. The Kier molecular flexibility index (Phi) is 21.1. The molecule has 15 rings (SSSR count). The van der Waals surface area contributed by atoms with Crippen LogP contribution in [0.2, 0.25) is 0 Å². The van der Waals surface area contributed by atoms with Gasteiger partial charge in [0, 0.05) is 54.3 Å². The molecule has 10 aromatic rings. The number of hydrogen-bond acceptors (Lipinski definition) is 19. The van der Waals surface area contributed by atoms with Gasteiger partial charge in [-0.3, -0.25) is 38.0 Å². The van der Waals surface area contributed by atoms with Crippen LogP contribution < -0.4 is 52.8 Å². The van der Waals surface area contributed by atoms with Crippen molar-refractivity contribution >= 4 is 72.0 Å². The molecular weight excluding hydrogens is 1330 g/mol. The smallest absolute Gasteiger partial charge is 0.290 e. The number of aromatic amines is 3. The van der Waals surface area contributed by atoms with Gasteiger partial charge in [0.2, 0.25) is 21.8 Å². The van der Waals surface area contributed by atoms with Crippen LogP contribution in [0.15, 0.2) is 155 Å². The first-order valence-corrected chi connectivity index (χ1v) is 36.6. The molecule has 2 aliphatic heterocycles. The standard InChI is InChI=1S/C25H26N6O4S.C25H30N6O3.C24H28N6O3/c1-2-36(33,34)30-17-10-12-18(13-11-17)31-23-21(24(26)27-28-25(23)32)22(29-31)16-8-14-20(15-9-16)35-19-6-4-3-5-7-19;1-2-20(32)30-14-6-7-17(15-30)31-23-21(24(26)27-28-25(23)33)22(29-31)16-10-12-19(13-11-16)34-18-8-4-3-5-9-18;1-2-19(31)29-13-5-6-16(14-29)30-22-20(23(25)26-27-24(22)32)21(28-30)15-9-11-18(12-10-15)33-17-7-3-4-8-17/h2-9,14-15,17-18,30H,1,10-13H2,(H2,26,27)(H,28,32);2,10-13,17-18H,1,3-9,14-15H2,(H2,26,27)(H,28,33);2,9-12,16-17H,1,3-8,13-14H2,(H2,25,26)(H,27,32)/t;17-;16-/m.11/s1. The van der Waals surface area contributed by atoms with E-state index in [0.29, 0.717) is 107 Å². The normalized spacial score (nSPS) is 18.9. The van der Waals surface area contributed by atoms with Crippen LogP contribution in [0.3, 0.4) is 0 Å². The molecule has 3 saturated carbocycles. The molecule has 0 radical (unpaired) electrons. The van der Waals surface area contributed by atoms with Crippen LogP contribution in [-0.4, -0.2) is 134 Å². The highest BCUT2D eigenvalue weighted by Crippen LogP contribution is 2.40. The van der Waals surface area contributed by atoms with Crippen molar-refractivity contribution in [2.45, 2.75) is 146 Å². The maximum Gasteiger partial charge on any atom is 0.290 e. The van der Waals surface area contributed by atoms with Gasteiger partial charge in [-0.1, -0.05) is 44.4 Å². The van der Waals surface area contributed by atoms with Crippen LogP contribution in [0, 0.1) is 0 Å². The number of H-pyrrole nitrogens is 3. The lowest BCUT2D eigenvalue weighted by Gasteiger charge is -2.32. The Morgan fingerprint density at radius 3 is 1.22 bits per heavy atom. The van der Waals surface area contributed by atoms with Crippen molar-refractivity contribution in [2.24, 2.45) is 0 Å². The van der Waals surface area contributed by atoms with E-state index in [1.165, 1.54) is 44.3 Å². The molecule has 6 aromatic heterocycles. The van der Waals surface area contributed by atoms with Gasteiger partial charge in [0.15, 0.2) is 17.5 Å². The molecule has 0 unspecified atom stereocenters. The van der Waals surface area contributed by atoms with Crippen LogP contribution in [-0.2, 0) is 19.6 Å². The summed E-state index contributed by atoms with van der Waals surface area (Å²) in [4.78, 5) is 66.3. The van der Waals surface area contributed by atoms with E-state index in [0.717, 1.165) is 90.7 Å². The number of carbonyl (C=O) groups excluding carboxylic acids is 2. The van der Waals surface area contributed by atoms with E-state index in [1.807, 2.05) is 103 Å². The van der Waals surface area contributed by atoms with E-state index in [1.54, 1.807) is 23.8 Å². The number of nitrogens with one attached hydrogen (secondary N) is 4. The van der Waals surface area contributed by atoms with Gasteiger partial charge in [-0.25, -0.2) is 28.4 Å². The van der Waals surface area contributed by atoms with Crippen molar-refractivity contribution in [3.63, 3.8) is 0 Å². The number of likely N-dealkylation sites (tertiary alicyclic amines) is 2. The van der Waals surface area contributed by atoms with Gasteiger partial charge < -0.3 is 41.2 Å². The molecule has 2 saturated heterocycles. The number of rotatable bonds is 17. The van der Waals surface area contributed by atoms with Crippen molar-refractivity contribution in [1.82, 2.24) is 74.5 Å². The highest BCUT2D eigenvalue weighted by Gasteiger charge is 2.33. The molecule has 4 aromatic carbocycles. The number of nitrogens with zero attached hydrogens (tertiary/aromatic N) is 11. The zero-order valence-electron chi connectivity index (χ0n) is 57.1. The van der Waals surface area contributed by atoms with Crippen molar-refractivity contribution < 1.29 is 32.2 Å². The Bertz CT molecular complexity index is 5050. The predicted molar refractivity (Wildman–Crippen MR) is 395 cm³/mol. The number of nitrogens with two attached hydrogens (primary N) is 3. The number of carbonyl (C=O) groups is 2. The molecule has 5 fully saturated rings. The molecule has 10 N–H and O–H groups in total. The van der Waals surface area contributed by atoms with E-state index < -0.39 is 10.0 Å². The number of aromatic nitrogens is 12. The Labute approximate surface area is 593 Å². The fourth-order valence-electron chi connectivity index (χ4n) is 14.7. The molecule has 28 nitrogen and oxygen atoms in total. The molecule has 2 atom stereocenters. The van der Waals surface area contributed by atoms with Crippen LogP contribution in [0.4, 0.5) is 17.5 Å². The highest BCUT2D eigenvalue weighted by molar-refractivity contribution is 7.92. The van der Waals surface area contributed by atoms with Crippen molar-refractivity contribution in [3.05, 3.63) is 171 Å². The Hall–Kier alpha value is -11.2. The van der Waals surface area contributed by atoms with Gasteiger partial charge >= 0.3 is 0 Å². The first kappa shape index (κ1) is 70.2. The average Bonchev–Trinajstić information content (AvgIpc) is 1.62. The lowest BCUT2D eigenvalue weighted by Crippen LogP contribution is -2.40. The maximum absolute atomic E-state index is 12.8. The maximum atomic E-state index is 12.8.